The fraction of sp³-hybridized carbons (Fsp3) is 0.444. The normalized spacial score (nSPS) is 18.4. The lowest BCUT2D eigenvalue weighted by atomic mass is 10.5. The monoisotopic (exact) mass is 288 g/mol. The molecule has 1 fully saturated rings. The number of anilines is 1. The number of rotatable bonds is 2. The third-order valence-corrected chi connectivity index (χ3v) is 5.49. The third-order valence-electron chi connectivity index (χ3n) is 2.80. The van der Waals surface area contributed by atoms with Crippen LogP contribution >= 0.6 is 11.3 Å². The zero-order valence-corrected chi connectivity index (χ0v) is 11.1. The van der Waals surface area contributed by atoms with Crippen LogP contribution in [0.4, 0.5) is 5.82 Å². The highest BCUT2D eigenvalue weighted by molar-refractivity contribution is 7.89. The van der Waals surface area contributed by atoms with Gasteiger partial charge in [-0.15, -0.1) is 11.3 Å². The number of nitrogens with two attached hydrogens (primary N) is 1. The van der Waals surface area contributed by atoms with E-state index in [0.29, 0.717) is 31.3 Å². The minimum atomic E-state index is -3.61. The molecule has 3 heterocycles. The van der Waals surface area contributed by atoms with Crippen LogP contribution in [0, 0.1) is 0 Å². The van der Waals surface area contributed by atoms with Crippen LogP contribution < -0.4 is 5.73 Å². The van der Waals surface area contributed by atoms with Crippen LogP contribution in [0.25, 0.3) is 4.96 Å². The Balaban J connectivity index is 2.12. The average molecular weight is 288 g/mol. The molecule has 0 bridgehead atoms. The van der Waals surface area contributed by atoms with E-state index in [4.69, 9.17) is 10.5 Å². The average Bonchev–Trinajstić information content (AvgIpc) is 2.89. The van der Waals surface area contributed by atoms with Crippen molar-refractivity contribution in [3.63, 3.8) is 0 Å². The van der Waals surface area contributed by atoms with Crippen molar-refractivity contribution in [2.75, 3.05) is 32.0 Å². The summed E-state index contributed by atoms with van der Waals surface area (Å²) in [6.07, 6.45) is 1.66. The van der Waals surface area contributed by atoms with E-state index in [0.717, 1.165) is 0 Å². The maximum atomic E-state index is 12.5. The molecule has 0 unspecified atom stereocenters. The van der Waals surface area contributed by atoms with E-state index in [1.165, 1.54) is 20.0 Å². The predicted octanol–water partition coefficient (Wildman–Crippen LogP) is -0.00110. The van der Waals surface area contributed by atoms with Crippen molar-refractivity contribution in [2.24, 2.45) is 0 Å². The summed E-state index contributed by atoms with van der Waals surface area (Å²) in [4.78, 5) is 4.64. The van der Waals surface area contributed by atoms with Gasteiger partial charge in [0.2, 0.25) is 0 Å². The molecule has 0 aromatic carbocycles. The van der Waals surface area contributed by atoms with Crippen LogP contribution in [0.15, 0.2) is 16.6 Å². The second-order valence-corrected chi connectivity index (χ2v) is 6.60. The lowest BCUT2D eigenvalue weighted by Gasteiger charge is -2.25. The van der Waals surface area contributed by atoms with Gasteiger partial charge >= 0.3 is 0 Å². The van der Waals surface area contributed by atoms with Crippen molar-refractivity contribution in [3.05, 3.63) is 11.6 Å². The van der Waals surface area contributed by atoms with Gasteiger partial charge in [0.15, 0.2) is 15.8 Å². The second kappa shape index (κ2) is 4.19. The SMILES string of the molecule is Nc1nc2sccn2c1S(=O)(=O)N1CCOCC1. The van der Waals surface area contributed by atoms with E-state index >= 15 is 0 Å². The molecule has 1 aliphatic rings. The van der Waals surface area contributed by atoms with Gasteiger partial charge in [-0.3, -0.25) is 4.40 Å². The smallest absolute Gasteiger partial charge is 0.263 e. The number of nitrogens with zero attached hydrogens (tertiary/aromatic N) is 3. The van der Waals surface area contributed by atoms with Gasteiger partial charge in [-0.05, 0) is 0 Å². The minimum Gasteiger partial charge on any atom is -0.381 e. The molecule has 98 valence electrons. The molecule has 0 spiro atoms. The van der Waals surface area contributed by atoms with Crippen molar-refractivity contribution in [1.82, 2.24) is 13.7 Å². The summed E-state index contributed by atoms with van der Waals surface area (Å²) in [5.74, 6) is 0.0494. The molecule has 0 saturated carbocycles. The van der Waals surface area contributed by atoms with Gasteiger partial charge in [0.25, 0.3) is 10.0 Å². The third kappa shape index (κ3) is 1.70. The molecule has 0 amide bonds. The highest BCUT2D eigenvalue weighted by atomic mass is 32.2. The summed E-state index contributed by atoms with van der Waals surface area (Å²) in [7, 11) is -3.61. The van der Waals surface area contributed by atoms with Gasteiger partial charge in [0, 0.05) is 24.7 Å². The minimum absolute atomic E-state index is 0.0494. The Labute approximate surface area is 108 Å². The molecule has 3 rings (SSSR count). The Morgan fingerprint density at radius 1 is 1.39 bits per heavy atom. The molecule has 0 aliphatic carbocycles. The van der Waals surface area contributed by atoms with Crippen molar-refractivity contribution < 1.29 is 13.2 Å². The first-order valence-electron chi connectivity index (χ1n) is 5.39. The zero-order valence-electron chi connectivity index (χ0n) is 9.44. The Hall–Kier alpha value is -1.16. The summed E-state index contributed by atoms with van der Waals surface area (Å²) >= 11 is 1.35. The van der Waals surface area contributed by atoms with Gasteiger partial charge in [0.1, 0.15) is 0 Å². The molecule has 7 nitrogen and oxygen atoms in total. The summed E-state index contributed by atoms with van der Waals surface area (Å²) in [5.41, 5.74) is 5.73. The Morgan fingerprint density at radius 2 is 2.11 bits per heavy atom. The number of sulfonamides is 1. The van der Waals surface area contributed by atoms with E-state index in [1.807, 2.05) is 0 Å². The fourth-order valence-corrected chi connectivity index (χ4v) is 4.31. The first-order chi connectivity index (χ1) is 8.60. The standard InChI is InChI=1S/C9H12N4O3S2/c10-7-8(13-3-6-17-9(13)11-7)18(14,15)12-1-4-16-5-2-12/h3,6H,1-2,4-5,10H2. The molecule has 0 atom stereocenters. The summed E-state index contributed by atoms with van der Waals surface area (Å²) in [6.45, 7) is 1.51. The maximum Gasteiger partial charge on any atom is 0.263 e. The highest BCUT2D eigenvalue weighted by Crippen LogP contribution is 2.26. The van der Waals surface area contributed by atoms with Crippen LogP contribution in [0.3, 0.4) is 0 Å². The molecule has 2 aromatic heterocycles. The van der Waals surface area contributed by atoms with E-state index < -0.39 is 10.0 Å². The van der Waals surface area contributed by atoms with E-state index in [9.17, 15) is 8.42 Å². The lowest BCUT2D eigenvalue weighted by Crippen LogP contribution is -2.41. The van der Waals surface area contributed by atoms with Gasteiger partial charge in [-0.25, -0.2) is 13.4 Å². The molecular formula is C9H12N4O3S2. The molecule has 1 aliphatic heterocycles. The number of morpholine rings is 1. The van der Waals surface area contributed by atoms with Crippen molar-refractivity contribution in [2.45, 2.75) is 5.03 Å². The highest BCUT2D eigenvalue weighted by Gasteiger charge is 2.32. The van der Waals surface area contributed by atoms with E-state index in [2.05, 4.69) is 4.98 Å². The molecular weight excluding hydrogens is 276 g/mol. The van der Waals surface area contributed by atoms with Crippen LogP contribution in [0.5, 0.6) is 0 Å². The molecule has 1 saturated heterocycles. The van der Waals surface area contributed by atoms with Gasteiger partial charge in [-0.2, -0.15) is 4.31 Å². The van der Waals surface area contributed by atoms with Crippen molar-refractivity contribution >= 4 is 32.1 Å². The number of imidazole rings is 1. The number of aromatic nitrogens is 2. The molecule has 0 radical (unpaired) electrons. The Kier molecular flexibility index (Phi) is 2.77. The molecule has 2 aromatic rings. The maximum absolute atomic E-state index is 12.5. The summed E-state index contributed by atoms with van der Waals surface area (Å²) < 4.78 is 33.1. The van der Waals surface area contributed by atoms with Crippen LogP contribution in [0.1, 0.15) is 0 Å². The van der Waals surface area contributed by atoms with Gasteiger partial charge in [-0.1, -0.05) is 0 Å². The molecule has 18 heavy (non-hydrogen) atoms. The fourth-order valence-electron chi connectivity index (χ4n) is 1.95. The lowest BCUT2D eigenvalue weighted by molar-refractivity contribution is 0.0729. The number of hydrogen-bond donors (Lipinski definition) is 1. The number of ether oxygens (including phenoxy) is 1. The summed E-state index contributed by atoms with van der Waals surface area (Å²) in [6, 6.07) is 0. The number of fused-ring (bicyclic) bond motifs is 1. The number of nitrogen functional groups attached to an aromatic ring is 1. The summed E-state index contributed by atoms with van der Waals surface area (Å²) in [5, 5.41) is 1.83. The van der Waals surface area contributed by atoms with Crippen molar-refractivity contribution in [1.29, 1.82) is 0 Å². The number of hydrogen-bond acceptors (Lipinski definition) is 6. The second-order valence-electron chi connectivity index (χ2n) is 3.87. The topological polar surface area (TPSA) is 89.9 Å². The van der Waals surface area contributed by atoms with Crippen LogP contribution in [-0.4, -0.2) is 48.4 Å². The van der Waals surface area contributed by atoms with Gasteiger partial charge in [0.05, 0.1) is 13.2 Å². The van der Waals surface area contributed by atoms with E-state index in [1.54, 1.807) is 11.6 Å². The predicted molar refractivity (Wildman–Crippen MR) is 67.1 cm³/mol. The first-order valence-corrected chi connectivity index (χ1v) is 7.71. The van der Waals surface area contributed by atoms with Crippen molar-refractivity contribution in [3.8, 4) is 0 Å². The Morgan fingerprint density at radius 3 is 2.83 bits per heavy atom. The van der Waals surface area contributed by atoms with Gasteiger partial charge < -0.3 is 10.5 Å². The quantitative estimate of drug-likeness (QED) is 0.840. The van der Waals surface area contributed by atoms with E-state index in [-0.39, 0.29) is 10.8 Å². The molecule has 2 N–H and O–H groups in total. The number of thiazole rings is 1. The first kappa shape index (κ1) is 11.9. The molecule has 9 heteroatoms. The Bertz CT molecular complexity index is 669. The van der Waals surface area contributed by atoms with Crippen LogP contribution in [-0.2, 0) is 14.8 Å². The zero-order chi connectivity index (χ0) is 12.8. The largest absolute Gasteiger partial charge is 0.381 e. The van der Waals surface area contributed by atoms with Crippen LogP contribution in [0.2, 0.25) is 0 Å².